The van der Waals surface area contributed by atoms with Crippen molar-refractivity contribution in [1.29, 1.82) is 0 Å². The minimum atomic E-state index is 0.638. The predicted octanol–water partition coefficient (Wildman–Crippen LogP) is 12.0. The number of thiophene rings is 1. The van der Waals surface area contributed by atoms with Gasteiger partial charge in [-0.3, -0.25) is 0 Å². The van der Waals surface area contributed by atoms with E-state index in [0.29, 0.717) is 17.5 Å². The molecule has 0 saturated heterocycles. The third-order valence-electron chi connectivity index (χ3n) is 9.44. The summed E-state index contributed by atoms with van der Waals surface area (Å²) in [5.74, 6) is 1.94. The molecule has 0 N–H and O–H groups in total. The Morgan fingerprint density at radius 2 is 0.880 bits per heavy atom. The second-order valence-electron chi connectivity index (χ2n) is 12.5. The van der Waals surface area contributed by atoms with Crippen LogP contribution in [0.4, 0.5) is 0 Å². The zero-order valence-corrected chi connectivity index (χ0v) is 27.7. The summed E-state index contributed by atoms with van der Waals surface area (Å²) in [5, 5.41) is 5.06. The van der Waals surface area contributed by atoms with Gasteiger partial charge in [0.2, 0.25) is 0 Å². The Labute approximate surface area is 292 Å². The van der Waals surface area contributed by atoms with Gasteiger partial charge in [0, 0.05) is 53.3 Å². The summed E-state index contributed by atoms with van der Waals surface area (Å²) in [7, 11) is 0. The normalized spacial score (nSPS) is 11.6. The Morgan fingerprint density at radius 3 is 1.62 bits per heavy atom. The number of hydrogen-bond acceptors (Lipinski definition) is 4. The zero-order valence-electron chi connectivity index (χ0n) is 26.9. The maximum atomic E-state index is 5.00. The van der Waals surface area contributed by atoms with Gasteiger partial charge in [0.15, 0.2) is 17.5 Å². The molecule has 0 spiro atoms. The molecule has 234 valence electrons. The first-order chi connectivity index (χ1) is 24.8. The number of rotatable bonds is 5. The van der Waals surface area contributed by atoms with Crippen molar-refractivity contribution in [3.05, 3.63) is 170 Å². The predicted molar refractivity (Wildman–Crippen MR) is 209 cm³/mol. The molecule has 0 amide bonds. The fourth-order valence-electron chi connectivity index (χ4n) is 7.06. The van der Waals surface area contributed by atoms with Gasteiger partial charge >= 0.3 is 0 Å². The third kappa shape index (κ3) is 4.79. The largest absolute Gasteiger partial charge is 0.309 e. The molecule has 0 bridgehead atoms. The summed E-state index contributed by atoms with van der Waals surface area (Å²) in [6.45, 7) is 0. The summed E-state index contributed by atoms with van der Waals surface area (Å²) in [5.41, 5.74) is 8.62. The molecule has 0 fully saturated rings. The van der Waals surface area contributed by atoms with E-state index in [0.717, 1.165) is 33.4 Å². The number of hydrogen-bond donors (Lipinski definition) is 0. The Bertz CT molecular complexity index is 2810. The van der Waals surface area contributed by atoms with Crippen LogP contribution in [0, 0.1) is 0 Å². The van der Waals surface area contributed by atoms with Crippen molar-refractivity contribution in [2.45, 2.75) is 0 Å². The van der Waals surface area contributed by atoms with E-state index in [1.54, 1.807) is 0 Å². The van der Waals surface area contributed by atoms with E-state index in [4.69, 9.17) is 15.0 Å². The summed E-state index contributed by atoms with van der Waals surface area (Å²) < 4.78 is 4.99. The molecule has 3 heterocycles. The van der Waals surface area contributed by atoms with Crippen molar-refractivity contribution in [2.24, 2.45) is 0 Å². The molecular formula is C45H28N4S. The SMILES string of the molecule is c1ccc(-c2nc(-c3ccccc3)nc(-c3cccc(-n4c5ccccc5c5cc(-c6ccc7sc8ccccc8c7c6)ccc54)c3)n2)cc1. The number of aromatic nitrogens is 4. The highest BCUT2D eigenvalue weighted by Gasteiger charge is 2.17. The van der Waals surface area contributed by atoms with Crippen LogP contribution in [-0.2, 0) is 0 Å². The van der Waals surface area contributed by atoms with Gasteiger partial charge in [-0.1, -0.05) is 121 Å². The number of nitrogens with zero attached hydrogens (tertiary/aromatic N) is 4. The molecule has 10 rings (SSSR count). The molecule has 0 aliphatic carbocycles. The third-order valence-corrected chi connectivity index (χ3v) is 10.6. The first kappa shape index (κ1) is 28.6. The molecule has 0 atom stereocenters. The molecule has 0 saturated carbocycles. The summed E-state index contributed by atoms with van der Waals surface area (Å²) in [4.78, 5) is 14.9. The topological polar surface area (TPSA) is 43.6 Å². The fourth-order valence-corrected chi connectivity index (χ4v) is 8.14. The molecule has 50 heavy (non-hydrogen) atoms. The smallest absolute Gasteiger partial charge is 0.164 e. The second kappa shape index (κ2) is 11.6. The molecule has 5 heteroatoms. The molecule has 3 aromatic heterocycles. The average Bonchev–Trinajstić information content (AvgIpc) is 3.73. The maximum absolute atomic E-state index is 5.00. The van der Waals surface area contributed by atoms with Crippen molar-refractivity contribution in [3.8, 4) is 51.0 Å². The quantitative estimate of drug-likeness (QED) is 0.185. The highest BCUT2D eigenvalue weighted by Crippen LogP contribution is 2.39. The van der Waals surface area contributed by atoms with Crippen LogP contribution in [0.5, 0.6) is 0 Å². The molecule has 7 aromatic carbocycles. The second-order valence-corrected chi connectivity index (χ2v) is 13.6. The number of fused-ring (bicyclic) bond motifs is 6. The molecule has 0 unspecified atom stereocenters. The molecule has 10 aromatic rings. The minimum absolute atomic E-state index is 0.638. The van der Waals surface area contributed by atoms with Crippen LogP contribution < -0.4 is 0 Å². The van der Waals surface area contributed by atoms with Gasteiger partial charge in [-0.2, -0.15) is 0 Å². The Balaban J connectivity index is 1.12. The Kier molecular flexibility index (Phi) is 6.64. The van der Waals surface area contributed by atoms with Crippen molar-refractivity contribution < 1.29 is 0 Å². The van der Waals surface area contributed by atoms with Gasteiger partial charge < -0.3 is 4.57 Å². The van der Waals surface area contributed by atoms with Crippen LogP contribution in [0.25, 0.3) is 93.0 Å². The molecule has 0 aliphatic rings. The van der Waals surface area contributed by atoms with E-state index in [1.165, 1.54) is 42.1 Å². The van der Waals surface area contributed by atoms with Gasteiger partial charge in [-0.25, -0.2) is 15.0 Å². The first-order valence-electron chi connectivity index (χ1n) is 16.7. The number of benzene rings is 7. The lowest BCUT2D eigenvalue weighted by atomic mass is 10.0. The van der Waals surface area contributed by atoms with E-state index in [9.17, 15) is 0 Å². The van der Waals surface area contributed by atoms with Gasteiger partial charge in [0.25, 0.3) is 0 Å². The molecule has 4 nitrogen and oxygen atoms in total. The maximum Gasteiger partial charge on any atom is 0.164 e. The summed E-state index contributed by atoms with van der Waals surface area (Å²) in [6, 6.07) is 59.8. The standard InChI is InChI=1S/C45H28N4S/c1-3-12-29(13-4-1)43-46-44(30-14-5-2-6-15-30)48-45(47-43)33-16-11-17-34(26-33)49-39-20-9-7-18-35(39)37-27-31(22-24-40(37)49)32-23-25-42-38(28-32)36-19-8-10-21-41(36)50-42/h1-28H. The van der Waals surface area contributed by atoms with Crippen LogP contribution in [0.1, 0.15) is 0 Å². The number of para-hydroxylation sites is 1. The van der Waals surface area contributed by atoms with E-state index in [1.807, 2.05) is 72.0 Å². The lowest BCUT2D eigenvalue weighted by molar-refractivity contribution is 1.07. The zero-order chi connectivity index (χ0) is 33.0. The lowest BCUT2D eigenvalue weighted by Crippen LogP contribution is -2.01. The highest BCUT2D eigenvalue weighted by molar-refractivity contribution is 7.25. The van der Waals surface area contributed by atoms with Crippen molar-refractivity contribution in [2.75, 3.05) is 0 Å². The summed E-state index contributed by atoms with van der Waals surface area (Å²) in [6.07, 6.45) is 0. The van der Waals surface area contributed by atoms with Crippen LogP contribution in [0.3, 0.4) is 0 Å². The molecular weight excluding hydrogens is 629 g/mol. The average molecular weight is 657 g/mol. The van der Waals surface area contributed by atoms with E-state index in [-0.39, 0.29) is 0 Å². The van der Waals surface area contributed by atoms with Gasteiger partial charge in [0.1, 0.15) is 0 Å². The van der Waals surface area contributed by atoms with Crippen molar-refractivity contribution in [3.63, 3.8) is 0 Å². The van der Waals surface area contributed by atoms with Crippen molar-refractivity contribution >= 4 is 53.3 Å². The molecule has 0 aliphatic heterocycles. The molecule has 0 radical (unpaired) electrons. The lowest BCUT2D eigenvalue weighted by Gasteiger charge is -2.12. The Hall–Kier alpha value is -6.43. The van der Waals surface area contributed by atoms with Crippen LogP contribution in [0.2, 0.25) is 0 Å². The van der Waals surface area contributed by atoms with E-state index >= 15 is 0 Å². The first-order valence-corrected chi connectivity index (χ1v) is 17.5. The van der Waals surface area contributed by atoms with Gasteiger partial charge in [0.05, 0.1) is 11.0 Å². The monoisotopic (exact) mass is 656 g/mol. The van der Waals surface area contributed by atoms with Crippen LogP contribution in [-0.4, -0.2) is 19.5 Å². The van der Waals surface area contributed by atoms with Crippen LogP contribution in [0.15, 0.2) is 170 Å². The minimum Gasteiger partial charge on any atom is -0.309 e. The van der Waals surface area contributed by atoms with E-state index in [2.05, 4.69) is 114 Å². The fraction of sp³-hybridized carbons (Fsp3) is 0. The Morgan fingerprint density at radius 1 is 0.340 bits per heavy atom. The highest BCUT2D eigenvalue weighted by atomic mass is 32.1. The van der Waals surface area contributed by atoms with Crippen molar-refractivity contribution in [1.82, 2.24) is 19.5 Å². The van der Waals surface area contributed by atoms with Gasteiger partial charge in [-0.15, -0.1) is 11.3 Å². The summed E-state index contributed by atoms with van der Waals surface area (Å²) >= 11 is 1.85. The van der Waals surface area contributed by atoms with Crippen LogP contribution >= 0.6 is 11.3 Å². The van der Waals surface area contributed by atoms with Gasteiger partial charge in [-0.05, 0) is 59.7 Å². The van der Waals surface area contributed by atoms with E-state index < -0.39 is 0 Å².